The summed E-state index contributed by atoms with van der Waals surface area (Å²) in [4.78, 5) is 35.4. The Bertz CT molecular complexity index is 510. The quantitative estimate of drug-likeness (QED) is 0.750. The molecule has 7 heteroatoms. The highest BCUT2D eigenvalue weighted by molar-refractivity contribution is 6.31. The number of hydrogen-bond acceptors (Lipinski definition) is 4. The summed E-state index contributed by atoms with van der Waals surface area (Å²) in [7, 11) is 3.75. The molecule has 1 aromatic carbocycles. The summed E-state index contributed by atoms with van der Waals surface area (Å²) in [5, 5.41) is 17.4. The lowest BCUT2D eigenvalue weighted by Crippen LogP contribution is -2.39. The summed E-state index contributed by atoms with van der Waals surface area (Å²) in [6.45, 7) is -0.717. The molecule has 1 rings (SSSR count). The molecule has 0 bridgehead atoms. The third-order valence-corrected chi connectivity index (χ3v) is 2.62. The molecule has 1 aromatic rings. The predicted molar refractivity (Wildman–Crippen MR) is 71.5 cm³/mol. The molecule has 108 valence electrons. The molecule has 0 aliphatic rings. The van der Waals surface area contributed by atoms with Crippen LogP contribution in [0.15, 0.2) is 24.3 Å². The standard InChI is InChI=1S/C13H16N2O5/c1-14(2)10-5-3-9(4-6-10)7-15(8-11(16)17)12(18)13(19)20/h3-6H,7-8H2,1-2H3,(H,16,17)(H,19,20). The zero-order valence-electron chi connectivity index (χ0n) is 11.2. The largest absolute Gasteiger partial charge is 0.480 e. The van der Waals surface area contributed by atoms with Crippen LogP contribution in [-0.4, -0.2) is 53.6 Å². The molecule has 0 saturated heterocycles. The van der Waals surface area contributed by atoms with Crippen LogP contribution in [0.1, 0.15) is 5.56 Å². The maximum Gasteiger partial charge on any atom is 0.394 e. The molecule has 0 aromatic heterocycles. The highest BCUT2D eigenvalue weighted by Gasteiger charge is 2.23. The zero-order valence-corrected chi connectivity index (χ0v) is 11.2. The monoisotopic (exact) mass is 280 g/mol. The van der Waals surface area contributed by atoms with Crippen LogP contribution in [0, 0.1) is 0 Å². The van der Waals surface area contributed by atoms with Crippen LogP contribution >= 0.6 is 0 Å². The van der Waals surface area contributed by atoms with Crippen molar-refractivity contribution in [2.45, 2.75) is 6.54 Å². The average Bonchev–Trinajstić information content (AvgIpc) is 2.37. The first-order valence-electron chi connectivity index (χ1n) is 5.81. The number of benzene rings is 1. The van der Waals surface area contributed by atoms with Crippen molar-refractivity contribution in [2.24, 2.45) is 0 Å². The fourth-order valence-corrected chi connectivity index (χ4v) is 1.62. The lowest BCUT2D eigenvalue weighted by atomic mass is 10.2. The Balaban J connectivity index is 2.86. The van der Waals surface area contributed by atoms with Gasteiger partial charge < -0.3 is 20.0 Å². The number of carbonyl (C=O) groups is 3. The molecule has 1 amide bonds. The first-order chi connectivity index (χ1) is 9.31. The average molecular weight is 280 g/mol. The fourth-order valence-electron chi connectivity index (χ4n) is 1.62. The number of nitrogens with zero attached hydrogens (tertiary/aromatic N) is 2. The zero-order chi connectivity index (χ0) is 15.3. The Morgan fingerprint density at radius 2 is 1.60 bits per heavy atom. The van der Waals surface area contributed by atoms with Crippen molar-refractivity contribution in [2.75, 3.05) is 25.5 Å². The Hall–Kier alpha value is -2.57. The van der Waals surface area contributed by atoms with Gasteiger partial charge in [0.05, 0.1) is 0 Å². The number of amides is 1. The molecule has 0 aliphatic heterocycles. The number of hydrogen-bond donors (Lipinski definition) is 2. The highest BCUT2D eigenvalue weighted by Crippen LogP contribution is 2.13. The second-order valence-corrected chi connectivity index (χ2v) is 4.42. The van der Waals surface area contributed by atoms with Crippen molar-refractivity contribution in [3.63, 3.8) is 0 Å². The number of carboxylic acids is 2. The van der Waals surface area contributed by atoms with Crippen molar-refractivity contribution in [1.82, 2.24) is 4.90 Å². The van der Waals surface area contributed by atoms with E-state index in [1.165, 1.54) is 0 Å². The van der Waals surface area contributed by atoms with Crippen molar-refractivity contribution < 1.29 is 24.6 Å². The Labute approximate surface area is 116 Å². The normalized spacial score (nSPS) is 9.90. The summed E-state index contributed by atoms with van der Waals surface area (Å²) in [5.74, 6) is -4.16. The van der Waals surface area contributed by atoms with Gasteiger partial charge in [-0.15, -0.1) is 0 Å². The van der Waals surface area contributed by atoms with Crippen LogP contribution < -0.4 is 4.90 Å². The van der Waals surface area contributed by atoms with Gasteiger partial charge in [-0.2, -0.15) is 0 Å². The van der Waals surface area contributed by atoms with Crippen LogP contribution in [0.3, 0.4) is 0 Å². The van der Waals surface area contributed by atoms with E-state index in [2.05, 4.69) is 0 Å². The van der Waals surface area contributed by atoms with Gasteiger partial charge in [0, 0.05) is 26.3 Å². The molecule has 0 fully saturated rings. The third-order valence-electron chi connectivity index (χ3n) is 2.62. The molecule has 0 atom stereocenters. The Kier molecular flexibility index (Phi) is 5.08. The molecular formula is C13H16N2O5. The highest BCUT2D eigenvalue weighted by atomic mass is 16.4. The van der Waals surface area contributed by atoms with E-state index in [-0.39, 0.29) is 6.54 Å². The lowest BCUT2D eigenvalue weighted by molar-refractivity contribution is -0.158. The minimum atomic E-state index is -1.67. The molecule has 0 unspecified atom stereocenters. The molecular weight excluding hydrogens is 264 g/mol. The van der Waals surface area contributed by atoms with Gasteiger partial charge in [0.25, 0.3) is 0 Å². The number of aliphatic carboxylic acids is 2. The van der Waals surface area contributed by atoms with Crippen LogP contribution in [-0.2, 0) is 20.9 Å². The molecule has 0 saturated carbocycles. The smallest absolute Gasteiger partial charge is 0.394 e. The van der Waals surface area contributed by atoms with Crippen LogP contribution in [0.2, 0.25) is 0 Å². The third kappa shape index (κ3) is 4.27. The van der Waals surface area contributed by atoms with Crippen LogP contribution in [0.4, 0.5) is 5.69 Å². The fraction of sp³-hybridized carbons (Fsp3) is 0.308. The molecule has 0 aliphatic carbocycles. The van der Waals surface area contributed by atoms with Gasteiger partial charge in [0.2, 0.25) is 0 Å². The topological polar surface area (TPSA) is 98.2 Å². The molecule has 0 heterocycles. The van der Waals surface area contributed by atoms with Crippen LogP contribution in [0.25, 0.3) is 0 Å². The summed E-state index contributed by atoms with van der Waals surface area (Å²) >= 11 is 0. The summed E-state index contributed by atoms with van der Waals surface area (Å²) in [5.41, 5.74) is 1.61. The minimum absolute atomic E-state index is 0.0643. The van der Waals surface area contributed by atoms with Crippen molar-refractivity contribution in [3.05, 3.63) is 29.8 Å². The van der Waals surface area contributed by atoms with E-state index in [4.69, 9.17) is 10.2 Å². The van der Waals surface area contributed by atoms with Crippen molar-refractivity contribution >= 4 is 23.5 Å². The van der Waals surface area contributed by atoms with E-state index in [1.54, 1.807) is 24.3 Å². The minimum Gasteiger partial charge on any atom is -0.480 e. The molecule has 0 spiro atoms. The van der Waals surface area contributed by atoms with Gasteiger partial charge in [-0.25, -0.2) is 4.79 Å². The molecule has 2 N–H and O–H groups in total. The van der Waals surface area contributed by atoms with Gasteiger partial charge in [0.15, 0.2) is 0 Å². The number of anilines is 1. The van der Waals surface area contributed by atoms with E-state index >= 15 is 0 Å². The molecule has 0 radical (unpaired) electrons. The van der Waals surface area contributed by atoms with E-state index in [0.717, 1.165) is 10.6 Å². The number of carbonyl (C=O) groups excluding carboxylic acids is 1. The Morgan fingerprint density at radius 1 is 1.05 bits per heavy atom. The van der Waals surface area contributed by atoms with E-state index in [1.807, 2.05) is 19.0 Å². The van der Waals surface area contributed by atoms with Crippen molar-refractivity contribution in [3.8, 4) is 0 Å². The molecule has 7 nitrogen and oxygen atoms in total. The van der Waals surface area contributed by atoms with Gasteiger partial charge in [0.1, 0.15) is 6.54 Å². The first-order valence-corrected chi connectivity index (χ1v) is 5.81. The van der Waals surface area contributed by atoms with E-state index in [9.17, 15) is 14.4 Å². The second-order valence-electron chi connectivity index (χ2n) is 4.42. The summed E-state index contributed by atoms with van der Waals surface area (Å²) in [6.07, 6.45) is 0. The summed E-state index contributed by atoms with van der Waals surface area (Å²) < 4.78 is 0. The maximum absolute atomic E-state index is 11.4. The van der Waals surface area contributed by atoms with E-state index < -0.39 is 24.4 Å². The van der Waals surface area contributed by atoms with Gasteiger partial charge in [-0.3, -0.25) is 9.59 Å². The molecule has 20 heavy (non-hydrogen) atoms. The van der Waals surface area contributed by atoms with Gasteiger partial charge >= 0.3 is 17.8 Å². The second kappa shape index (κ2) is 6.55. The van der Waals surface area contributed by atoms with Gasteiger partial charge in [-0.05, 0) is 17.7 Å². The lowest BCUT2D eigenvalue weighted by Gasteiger charge is -2.19. The SMILES string of the molecule is CN(C)c1ccc(CN(CC(=O)O)C(=O)C(=O)O)cc1. The van der Waals surface area contributed by atoms with E-state index in [0.29, 0.717) is 5.56 Å². The Morgan fingerprint density at radius 3 is 2.00 bits per heavy atom. The summed E-state index contributed by atoms with van der Waals surface area (Å²) in [6, 6.07) is 7.05. The van der Waals surface area contributed by atoms with Crippen LogP contribution in [0.5, 0.6) is 0 Å². The van der Waals surface area contributed by atoms with Gasteiger partial charge in [-0.1, -0.05) is 12.1 Å². The first kappa shape index (κ1) is 15.5. The maximum atomic E-state index is 11.4. The van der Waals surface area contributed by atoms with Crippen molar-refractivity contribution in [1.29, 1.82) is 0 Å². The predicted octanol–water partition coefficient (Wildman–Crippen LogP) is 0.250. The number of carboxylic acid groups (broad SMARTS) is 2. The number of rotatable bonds is 5.